The molecule has 0 aromatic heterocycles. The van der Waals surface area contributed by atoms with Gasteiger partial charge in [-0.1, -0.05) is 23.2 Å². The second kappa shape index (κ2) is 14.4. The van der Waals surface area contributed by atoms with E-state index in [0.29, 0.717) is 35.4 Å². The highest BCUT2D eigenvalue weighted by molar-refractivity contribution is 7.80. The van der Waals surface area contributed by atoms with E-state index in [4.69, 9.17) is 47.8 Å². The lowest BCUT2D eigenvalue weighted by Crippen LogP contribution is -2.32. The summed E-state index contributed by atoms with van der Waals surface area (Å²) in [6, 6.07) is 4.60. The molecule has 152 valence electrons. The Balaban J connectivity index is 0.000000541. The highest BCUT2D eigenvalue weighted by Gasteiger charge is 2.05. The number of hydrogen-bond donors (Lipinski definition) is 4. The quantitative estimate of drug-likeness (QED) is 0.288. The maximum atomic E-state index is 10.2. The van der Waals surface area contributed by atoms with E-state index >= 15 is 0 Å². The van der Waals surface area contributed by atoms with Crippen LogP contribution < -0.4 is 4.74 Å². The third-order valence-corrected chi connectivity index (χ3v) is 3.71. The van der Waals surface area contributed by atoms with Gasteiger partial charge in [0.1, 0.15) is 19.0 Å². The lowest BCUT2D eigenvalue weighted by Gasteiger charge is -2.17. The van der Waals surface area contributed by atoms with Crippen LogP contribution in [0.1, 0.15) is 0 Å². The summed E-state index contributed by atoms with van der Waals surface area (Å²) in [7, 11) is -4.43. The molecule has 1 aromatic rings. The number of nitrogens with zero attached hydrogens (tertiary/aromatic N) is 1. The fourth-order valence-electron chi connectivity index (χ4n) is 1.64. The van der Waals surface area contributed by atoms with Crippen LogP contribution in [0.2, 0.25) is 10.0 Å². The smallest absolute Gasteiger partial charge is 0.397 e. The molecule has 0 saturated carbocycles. The maximum Gasteiger partial charge on any atom is 0.397 e. The van der Waals surface area contributed by atoms with E-state index in [1.807, 2.05) is 0 Å². The number of benzene rings is 1. The molecule has 0 aliphatic rings. The second-order valence-corrected chi connectivity index (χ2v) is 6.62. The summed E-state index contributed by atoms with van der Waals surface area (Å²) in [6.45, 7) is 1.38. The molecule has 0 amide bonds. The molecule has 0 unspecified atom stereocenters. The van der Waals surface area contributed by atoms with Gasteiger partial charge in [-0.2, -0.15) is 8.42 Å². The molecule has 0 radical (unpaired) electrons. The van der Waals surface area contributed by atoms with Crippen LogP contribution in [-0.4, -0.2) is 85.9 Å². The highest BCUT2D eigenvalue weighted by atomic mass is 35.5. The van der Waals surface area contributed by atoms with Gasteiger partial charge in [0.05, 0.1) is 24.8 Å². The molecular formula is C14H23Cl2NO8S. The standard InChI is InChI=1S/C8H8Cl2O5S.C6H15NO3/c9-6-1-2-8(7(10)5-6)14-3-4-15-16(11,12)13;8-4-1-7(2-5-9)3-6-10/h1-2,5H,3-4H2,(H,11,12,13);8-10H,1-6H2. The lowest BCUT2D eigenvalue weighted by atomic mass is 10.3. The van der Waals surface area contributed by atoms with E-state index in [2.05, 4.69) is 4.18 Å². The molecule has 12 heteroatoms. The summed E-state index contributed by atoms with van der Waals surface area (Å²) in [4.78, 5) is 1.79. The third kappa shape index (κ3) is 13.5. The van der Waals surface area contributed by atoms with Crippen molar-refractivity contribution < 1.29 is 37.2 Å². The predicted octanol–water partition coefficient (Wildman–Crippen LogP) is 0.457. The fourth-order valence-corrected chi connectivity index (χ4v) is 2.38. The number of rotatable bonds is 11. The van der Waals surface area contributed by atoms with Crippen molar-refractivity contribution in [2.45, 2.75) is 0 Å². The summed E-state index contributed by atoms with van der Waals surface area (Å²) < 4.78 is 37.8. The molecule has 26 heavy (non-hydrogen) atoms. The molecule has 1 aromatic carbocycles. The Morgan fingerprint density at radius 1 is 0.962 bits per heavy atom. The van der Waals surface area contributed by atoms with Gasteiger partial charge in [-0.05, 0) is 18.2 Å². The maximum absolute atomic E-state index is 10.2. The lowest BCUT2D eigenvalue weighted by molar-refractivity contribution is 0.136. The van der Waals surface area contributed by atoms with Crippen molar-refractivity contribution in [3.8, 4) is 5.75 Å². The van der Waals surface area contributed by atoms with Gasteiger partial charge in [0.15, 0.2) is 0 Å². The first kappa shape index (κ1) is 25.3. The third-order valence-electron chi connectivity index (χ3n) is 2.72. The largest absolute Gasteiger partial charge is 0.490 e. The molecule has 0 fully saturated rings. The molecule has 1 rings (SSSR count). The van der Waals surface area contributed by atoms with Gasteiger partial charge < -0.3 is 20.1 Å². The number of halogens is 2. The minimum Gasteiger partial charge on any atom is -0.490 e. The predicted molar refractivity (Wildman–Crippen MR) is 97.2 cm³/mol. The van der Waals surface area contributed by atoms with Crippen LogP contribution in [0.5, 0.6) is 5.75 Å². The van der Waals surface area contributed by atoms with Gasteiger partial charge in [0, 0.05) is 24.7 Å². The zero-order chi connectivity index (χ0) is 20.0. The zero-order valence-corrected chi connectivity index (χ0v) is 16.3. The average molecular weight is 436 g/mol. The fraction of sp³-hybridized carbons (Fsp3) is 0.571. The summed E-state index contributed by atoms with van der Waals surface area (Å²) in [6.07, 6.45) is 0. The molecule has 0 saturated heterocycles. The van der Waals surface area contributed by atoms with Crippen LogP contribution in [0.4, 0.5) is 0 Å². The van der Waals surface area contributed by atoms with Crippen molar-refractivity contribution in [3.63, 3.8) is 0 Å². The Bertz CT molecular complexity index is 588. The first-order valence-electron chi connectivity index (χ1n) is 7.48. The number of ether oxygens (including phenoxy) is 1. The van der Waals surface area contributed by atoms with Gasteiger partial charge in [-0.25, -0.2) is 4.18 Å². The summed E-state index contributed by atoms with van der Waals surface area (Å²) in [5.74, 6) is 0.352. The van der Waals surface area contributed by atoms with Crippen LogP contribution in [0.25, 0.3) is 0 Å². The van der Waals surface area contributed by atoms with Crippen LogP contribution >= 0.6 is 23.2 Å². The van der Waals surface area contributed by atoms with Crippen molar-refractivity contribution in [2.24, 2.45) is 0 Å². The van der Waals surface area contributed by atoms with E-state index < -0.39 is 10.4 Å². The molecule has 0 aliphatic carbocycles. The van der Waals surface area contributed by atoms with Crippen LogP contribution in [-0.2, 0) is 14.6 Å². The van der Waals surface area contributed by atoms with E-state index in [1.165, 1.54) is 12.1 Å². The van der Waals surface area contributed by atoms with Gasteiger partial charge in [-0.15, -0.1) is 0 Å². The number of aliphatic hydroxyl groups excluding tert-OH is 3. The highest BCUT2D eigenvalue weighted by Crippen LogP contribution is 2.27. The summed E-state index contributed by atoms with van der Waals surface area (Å²) in [5.41, 5.74) is 0. The van der Waals surface area contributed by atoms with Gasteiger partial charge in [0.25, 0.3) is 0 Å². The molecule has 0 atom stereocenters. The van der Waals surface area contributed by atoms with Crippen molar-refractivity contribution in [2.75, 3.05) is 52.7 Å². The Morgan fingerprint density at radius 2 is 1.50 bits per heavy atom. The first-order chi connectivity index (χ1) is 12.2. The summed E-state index contributed by atoms with van der Waals surface area (Å²) in [5, 5.41) is 26.2. The van der Waals surface area contributed by atoms with Crippen LogP contribution in [0.15, 0.2) is 18.2 Å². The molecule has 0 bridgehead atoms. The second-order valence-electron chi connectivity index (χ2n) is 4.69. The SMILES string of the molecule is O=S(=O)(O)OCCOc1ccc(Cl)cc1Cl.OCCN(CCO)CCO. The number of aliphatic hydroxyl groups is 3. The van der Waals surface area contributed by atoms with Crippen molar-refractivity contribution in [3.05, 3.63) is 28.2 Å². The topological polar surface area (TPSA) is 137 Å². The minimum atomic E-state index is -4.43. The molecule has 9 nitrogen and oxygen atoms in total. The Morgan fingerprint density at radius 3 is 1.92 bits per heavy atom. The van der Waals surface area contributed by atoms with Gasteiger partial charge >= 0.3 is 10.4 Å². The zero-order valence-electron chi connectivity index (χ0n) is 13.9. The van der Waals surface area contributed by atoms with Crippen molar-refractivity contribution in [1.82, 2.24) is 4.90 Å². The van der Waals surface area contributed by atoms with E-state index in [0.717, 1.165) is 0 Å². The monoisotopic (exact) mass is 435 g/mol. The van der Waals surface area contributed by atoms with Gasteiger partial charge in [-0.3, -0.25) is 9.45 Å². The van der Waals surface area contributed by atoms with E-state index in [-0.39, 0.29) is 33.0 Å². The Kier molecular flexibility index (Phi) is 14.0. The molecule has 0 aliphatic heterocycles. The number of hydrogen-bond acceptors (Lipinski definition) is 8. The Hall–Kier alpha value is -0.690. The summed E-state index contributed by atoms with van der Waals surface area (Å²) >= 11 is 11.4. The minimum absolute atomic E-state index is 0.0683. The Labute approximate surface area is 162 Å². The molecule has 0 heterocycles. The van der Waals surface area contributed by atoms with Crippen molar-refractivity contribution in [1.29, 1.82) is 0 Å². The van der Waals surface area contributed by atoms with Crippen LogP contribution in [0, 0.1) is 0 Å². The van der Waals surface area contributed by atoms with E-state index in [9.17, 15) is 8.42 Å². The van der Waals surface area contributed by atoms with Crippen molar-refractivity contribution >= 4 is 33.6 Å². The molecule has 0 spiro atoms. The average Bonchev–Trinajstić information content (AvgIpc) is 2.54. The van der Waals surface area contributed by atoms with Gasteiger partial charge in [0.2, 0.25) is 0 Å². The van der Waals surface area contributed by atoms with Crippen LogP contribution in [0.3, 0.4) is 0 Å². The van der Waals surface area contributed by atoms with E-state index in [1.54, 1.807) is 11.0 Å². The molecule has 4 N–H and O–H groups in total. The first-order valence-corrected chi connectivity index (χ1v) is 9.60. The normalized spacial score (nSPS) is 11.2. The molecular weight excluding hydrogens is 413 g/mol.